The summed E-state index contributed by atoms with van der Waals surface area (Å²) in [4.78, 5) is 12.2. The van der Waals surface area contributed by atoms with Crippen molar-refractivity contribution < 1.29 is 19.7 Å². The highest BCUT2D eigenvalue weighted by atomic mass is 16.5. The van der Waals surface area contributed by atoms with Crippen LogP contribution < -0.4 is 20.1 Å². The van der Waals surface area contributed by atoms with Gasteiger partial charge in [0.2, 0.25) is 0 Å². The summed E-state index contributed by atoms with van der Waals surface area (Å²) in [6.45, 7) is 0.485. The normalized spacial score (nSPS) is 11.0. The third-order valence-corrected chi connectivity index (χ3v) is 5.56. The first-order valence-electron chi connectivity index (χ1n) is 10.6. The molecule has 3 aromatic carbocycles. The number of H-pyrrole nitrogens is 1. The van der Waals surface area contributed by atoms with Crippen LogP contribution in [0.5, 0.6) is 23.0 Å². The molecule has 0 amide bonds. The first-order valence-corrected chi connectivity index (χ1v) is 10.6. The summed E-state index contributed by atoms with van der Waals surface area (Å²) in [6.07, 6.45) is 1.51. The number of benzene rings is 3. The number of phenolic OH excluding ortho intramolecular Hbond substituents is 2. The Kier molecular flexibility index (Phi) is 5.43. The summed E-state index contributed by atoms with van der Waals surface area (Å²) in [5.41, 5.74) is 4.13. The Morgan fingerprint density at radius 3 is 2.47 bits per heavy atom. The summed E-state index contributed by atoms with van der Waals surface area (Å²) in [5.74, 6) is 1.63. The summed E-state index contributed by atoms with van der Waals surface area (Å²) < 4.78 is 10.9. The highest BCUT2D eigenvalue weighted by Crippen LogP contribution is 2.38. The molecule has 2 heterocycles. The van der Waals surface area contributed by atoms with Crippen LogP contribution >= 0.6 is 0 Å². The van der Waals surface area contributed by atoms with E-state index in [2.05, 4.69) is 25.6 Å². The number of aromatic hydroxyl groups is 2. The molecule has 0 aliphatic carbocycles. The van der Waals surface area contributed by atoms with E-state index < -0.39 is 0 Å². The molecule has 172 valence electrons. The molecule has 0 unspecified atom stereocenters. The molecule has 5 aromatic rings. The third kappa shape index (κ3) is 3.95. The lowest BCUT2D eigenvalue weighted by molar-refractivity contribution is 0.356. The number of hydrogen-bond donors (Lipinski definition) is 5. The molecule has 0 saturated heterocycles. The number of anilines is 3. The van der Waals surface area contributed by atoms with E-state index in [9.17, 15) is 10.2 Å². The number of hydrogen-bond acceptors (Lipinski definition) is 8. The second-order valence-electron chi connectivity index (χ2n) is 7.71. The van der Waals surface area contributed by atoms with E-state index in [0.717, 1.165) is 33.2 Å². The molecule has 9 nitrogen and oxygen atoms in total. The van der Waals surface area contributed by atoms with Gasteiger partial charge in [0.25, 0.3) is 0 Å². The molecule has 0 aliphatic heterocycles. The van der Waals surface area contributed by atoms with Crippen LogP contribution in [-0.4, -0.2) is 39.4 Å². The predicted octanol–water partition coefficient (Wildman–Crippen LogP) is 4.90. The minimum absolute atomic E-state index is 0.139. The van der Waals surface area contributed by atoms with E-state index in [1.165, 1.54) is 18.5 Å². The van der Waals surface area contributed by atoms with Crippen molar-refractivity contribution in [2.75, 3.05) is 24.9 Å². The van der Waals surface area contributed by atoms with Crippen molar-refractivity contribution in [1.29, 1.82) is 0 Å². The van der Waals surface area contributed by atoms with Gasteiger partial charge < -0.3 is 35.3 Å². The number of rotatable bonds is 7. The van der Waals surface area contributed by atoms with Crippen LogP contribution in [-0.2, 0) is 6.54 Å². The number of fused-ring (bicyclic) bond motifs is 3. The molecule has 5 rings (SSSR count). The number of nitrogens with zero attached hydrogens (tertiary/aromatic N) is 2. The summed E-state index contributed by atoms with van der Waals surface area (Å²) in [6, 6.07) is 16.3. The van der Waals surface area contributed by atoms with Gasteiger partial charge >= 0.3 is 0 Å². The fraction of sp³-hybridized carbons (Fsp3) is 0.120. The number of ether oxygens (including phenoxy) is 2. The fourth-order valence-corrected chi connectivity index (χ4v) is 3.87. The Labute approximate surface area is 195 Å². The van der Waals surface area contributed by atoms with E-state index >= 15 is 0 Å². The zero-order chi connectivity index (χ0) is 23.7. The first-order chi connectivity index (χ1) is 16.6. The predicted molar refractivity (Wildman–Crippen MR) is 131 cm³/mol. The zero-order valence-electron chi connectivity index (χ0n) is 18.6. The van der Waals surface area contributed by atoms with Crippen LogP contribution in [0.1, 0.15) is 5.56 Å². The molecule has 9 heteroatoms. The standard InChI is InChI=1S/C25H23N5O4/c1-33-21-10-17-18(11-22(21)34-2)30-25-23(17)24(27-13-28-25)29-16-5-3-4-15(9-16)26-12-14-6-7-19(31)20(32)8-14/h3-11,13,26,31-32H,12H2,1-2H3,(H2,27,28,29,30). The fourth-order valence-electron chi connectivity index (χ4n) is 3.87. The molecule has 0 spiro atoms. The maximum absolute atomic E-state index is 9.69. The largest absolute Gasteiger partial charge is 0.504 e. The van der Waals surface area contributed by atoms with Crippen LogP contribution in [0.2, 0.25) is 0 Å². The smallest absolute Gasteiger partial charge is 0.162 e. The van der Waals surface area contributed by atoms with Gasteiger partial charge in [-0.15, -0.1) is 0 Å². The Bertz CT molecular complexity index is 1500. The second kappa shape index (κ2) is 8.70. The number of methoxy groups -OCH3 is 2. The van der Waals surface area contributed by atoms with Crippen molar-refractivity contribution in [3.8, 4) is 23.0 Å². The SMILES string of the molecule is COc1cc2[nH]c3ncnc(Nc4cccc(NCc5ccc(O)c(O)c5)c4)c3c2cc1OC. The highest BCUT2D eigenvalue weighted by Gasteiger charge is 2.15. The highest BCUT2D eigenvalue weighted by molar-refractivity contribution is 6.12. The van der Waals surface area contributed by atoms with Crippen LogP contribution in [0.25, 0.3) is 21.9 Å². The number of aromatic nitrogens is 3. The molecule has 5 N–H and O–H groups in total. The molecule has 0 radical (unpaired) electrons. The molecule has 0 atom stereocenters. The van der Waals surface area contributed by atoms with Crippen molar-refractivity contribution in [2.45, 2.75) is 6.54 Å². The molecular weight excluding hydrogens is 434 g/mol. The lowest BCUT2D eigenvalue weighted by Gasteiger charge is -2.11. The molecule has 0 bridgehead atoms. The van der Waals surface area contributed by atoms with Crippen molar-refractivity contribution in [3.63, 3.8) is 0 Å². The number of phenols is 2. The zero-order valence-corrected chi connectivity index (χ0v) is 18.6. The summed E-state index contributed by atoms with van der Waals surface area (Å²) in [7, 11) is 3.21. The van der Waals surface area contributed by atoms with Crippen molar-refractivity contribution >= 4 is 39.1 Å². The van der Waals surface area contributed by atoms with Crippen molar-refractivity contribution in [3.05, 3.63) is 66.5 Å². The van der Waals surface area contributed by atoms with Crippen LogP contribution in [0.15, 0.2) is 60.9 Å². The quantitative estimate of drug-likeness (QED) is 0.219. The van der Waals surface area contributed by atoms with Crippen molar-refractivity contribution in [1.82, 2.24) is 15.0 Å². The van der Waals surface area contributed by atoms with Crippen LogP contribution in [0, 0.1) is 0 Å². The minimum Gasteiger partial charge on any atom is -0.504 e. The van der Waals surface area contributed by atoms with Gasteiger partial charge in [0.1, 0.15) is 17.8 Å². The van der Waals surface area contributed by atoms with E-state index in [0.29, 0.717) is 29.5 Å². The van der Waals surface area contributed by atoms with Gasteiger partial charge in [0.15, 0.2) is 23.0 Å². The van der Waals surface area contributed by atoms with Gasteiger partial charge in [0, 0.05) is 29.4 Å². The topological polar surface area (TPSA) is 125 Å². The minimum atomic E-state index is -0.143. The number of aromatic amines is 1. The van der Waals surface area contributed by atoms with Gasteiger partial charge in [0.05, 0.1) is 25.1 Å². The van der Waals surface area contributed by atoms with E-state index in [1.54, 1.807) is 20.3 Å². The molecule has 0 fully saturated rings. The lowest BCUT2D eigenvalue weighted by atomic mass is 10.1. The van der Waals surface area contributed by atoms with Gasteiger partial charge in [-0.25, -0.2) is 9.97 Å². The summed E-state index contributed by atoms with van der Waals surface area (Å²) in [5, 5.41) is 27.6. The second-order valence-corrected chi connectivity index (χ2v) is 7.71. The molecule has 0 saturated carbocycles. The van der Waals surface area contributed by atoms with Gasteiger partial charge in [-0.3, -0.25) is 0 Å². The maximum Gasteiger partial charge on any atom is 0.162 e. The monoisotopic (exact) mass is 457 g/mol. The Morgan fingerprint density at radius 2 is 1.68 bits per heavy atom. The van der Waals surface area contributed by atoms with Gasteiger partial charge in [-0.05, 0) is 42.0 Å². The molecule has 2 aromatic heterocycles. The van der Waals surface area contributed by atoms with E-state index in [1.807, 2.05) is 36.4 Å². The first kappa shape index (κ1) is 21.2. The van der Waals surface area contributed by atoms with E-state index in [-0.39, 0.29) is 11.5 Å². The van der Waals surface area contributed by atoms with Crippen LogP contribution in [0.3, 0.4) is 0 Å². The Balaban J connectivity index is 1.44. The van der Waals surface area contributed by atoms with Gasteiger partial charge in [-0.2, -0.15) is 0 Å². The van der Waals surface area contributed by atoms with Crippen molar-refractivity contribution in [2.24, 2.45) is 0 Å². The molecular formula is C25H23N5O4. The maximum atomic E-state index is 9.69. The average molecular weight is 457 g/mol. The molecule has 34 heavy (non-hydrogen) atoms. The Hall–Kier alpha value is -4.66. The molecule has 0 aliphatic rings. The van der Waals surface area contributed by atoms with Crippen LogP contribution in [0.4, 0.5) is 17.2 Å². The average Bonchev–Trinajstić information content (AvgIpc) is 3.22. The number of nitrogens with one attached hydrogen (secondary N) is 3. The van der Waals surface area contributed by atoms with Gasteiger partial charge in [-0.1, -0.05) is 12.1 Å². The van der Waals surface area contributed by atoms with E-state index in [4.69, 9.17) is 9.47 Å². The lowest BCUT2D eigenvalue weighted by Crippen LogP contribution is -2.00. The Morgan fingerprint density at radius 1 is 0.882 bits per heavy atom. The third-order valence-electron chi connectivity index (χ3n) is 5.56. The summed E-state index contributed by atoms with van der Waals surface area (Å²) >= 11 is 0.